The molecule has 1 fully saturated rings. The average Bonchev–Trinajstić information content (AvgIpc) is 3.09. The van der Waals surface area contributed by atoms with Gasteiger partial charge in [-0.2, -0.15) is 0 Å². The predicted octanol–water partition coefficient (Wildman–Crippen LogP) is 5.26. The third-order valence-electron chi connectivity index (χ3n) is 4.40. The monoisotopic (exact) mass is 506 g/mol. The third kappa shape index (κ3) is 3.76. The molecule has 0 spiro atoms. The van der Waals surface area contributed by atoms with Crippen molar-refractivity contribution < 1.29 is 14.9 Å². The quantitative estimate of drug-likeness (QED) is 0.404. The number of fused-ring (bicyclic) bond motifs is 5. The smallest absolute Gasteiger partial charge is 0.167 e. The van der Waals surface area contributed by atoms with Crippen molar-refractivity contribution in [3.63, 3.8) is 0 Å². The Morgan fingerprint density at radius 2 is 1.38 bits per heavy atom. The Balaban J connectivity index is 0.000000317. The molecule has 3 rings (SSSR count). The molecular weight excluding hydrogens is 488 g/mol. The number of aliphatic hydroxyl groups excluding tert-OH is 2. The van der Waals surface area contributed by atoms with Crippen molar-refractivity contribution >= 4 is 81.2 Å². The number of ether oxygens (including phenoxy) is 1. The first kappa shape index (κ1) is 25.4. The van der Waals surface area contributed by atoms with Crippen molar-refractivity contribution in [1.29, 1.82) is 0 Å². The second-order valence-electron chi connectivity index (χ2n) is 5.74. The van der Waals surface area contributed by atoms with Crippen molar-refractivity contribution in [1.82, 2.24) is 0 Å². The molecule has 2 N–H and O–H groups in total. The number of alkyl halides is 5. The van der Waals surface area contributed by atoms with E-state index < -0.39 is 14.1 Å². The molecule has 26 heavy (non-hydrogen) atoms. The minimum atomic E-state index is -1.48. The van der Waals surface area contributed by atoms with E-state index in [4.69, 9.17) is 96.2 Å². The highest BCUT2D eigenvalue weighted by Gasteiger charge is 2.83. The maximum atomic E-state index is 7.62. The average molecular weight is 510 g/mol. The summed E-state index contributed by atoms with van der Waals surface area (Å²) in [7, 11) is 0. The Bertz CT molecular complexity index is 550. The van der Waals surface area contributed by atoms with Gasteiger partial charge in [0.15, 0.2) is 4.33 Å². The Morgan fingerprint density at radius 1 is 0.923 bits per heavy atom. The minimum Gasteiger partial charge on any atom is -0.394 e. The first-order valence-electron chi connectivity index (χ1n) is 7.97. The van der Waals surface area contributed by atoms with Crippen LogP contribution in [0.2, 0.25) is 0 Å². The summed E-state index contributed by atoms with van der Waals surface area (Å²) in [5.74, 6) is -0.470. The van der Waals surface area contributed by atoms with Crippen LogP contribution in [0.4, 0.5) is 0 Å². The lowest BCUT2D eigenvalue weighted by Gasteiger charge is -2.34. The van der Waals surface area contributed by atoms with Gasteiger partial charge in [0.2, 0.25) is 0 Å². The van der Waals surface area contributed by atoms with E-state index >= 15 is 0 Å². The van der Waals surface area contributed by atoms with Gasteiger partial charge in [0.05, 0.1) is 28.7 Å². The van der Waals surface area contributed by atoms with E-state index in [0.717, 1.165) is 13.2 Å². The molecule has 0 saturated heterocycles. The van der Waals surface area contributed by atoms with Gasteiger partial charge < -0.3 is 14.9 Å². The van der Waals surface area contributed by atoms with Crippen LogP contribution in [-0.4, -0.2) is 56.1 Å². The second kappa shape index (κ2) is 9.93. The molecule has 3 aliphatic rings. The van der Waals surface area contributed by atoms with Crippen LogP contribution >= 0.6 is 81.2 Å². The van der Waals surface area contributed by atoms with Gasteiger partial charge in [-0.3, -0.25) is 0 Å². The van der Waals surface area contributed by atoms with Crippen molar-refractivity contribution in [2.75, 3.05) is 26.4 Å². The zero-order chi connectivity index (χ0) is 20.3. The van der Waals surface area contributed by atoms with Gasteiger partial charge in [0.1, 0.15) is 9.75 Å². The van der Waals surface area contributed by atoms with Crippen LogP contribution < -0.4 is 0 Å². The molecule has 0 aliphatic heterocycles. The summed E-state index contributed by atoms with van der Waals surface area (Å²) in [5.41, 5.74) is 0. The molecule has 3 aliphatic carbocycles. The lowest BCUT2D eigenvalue weighted by atomic mass is 9.84. The number of halogens is 7. The summed E-state index contributed by atoms with van der Waals surface area (Å²) in [5, 5.41) is 15.4. The maximum Gasteiger partial charge on any atom is 0.167 e. The molecule has 10 heteroatoms. The fraction of sp³-hybridized carbons (Fsp3) is 0.750. The van der Waals surface area contributed by atoms with E-state index in [1.165, 1.54) is 0 Å². The standard InChI is InChI=1S/C10H5Cl7.C4H10O.C2H6O2/c11-4-2-1-3-5(4)9(15)7(13)6(12)8(3,14)10(9,16)17;1-3-5-4-2;3-1-2-4/h1-5H;3-4H2,1-2H3;3-4H,1-2H2. The maximum absolute atomic E-state index is 7.62. The van der Waals surface area contributed by atoms with Gasteiger partial charge in [-0.1, -0.05) is 58.6 Å². The highest BCUT2D eigenvalue weighted by molar-refractivity contribution is 6.66. The SMILES string of the molecule is CCOCC.ClC1=C(Cl)C2(Cl)C3C(Cl)C=CC3C1(Cl)C2(Cl)Cl.OCCO. The Kier molecular flexibility index (Phi) is 9.71. The van der Waals surface area contributed by atoms with Crippen LogP contribution in [0.5, 0.6) is 0 Å². The van der Waals surface area contributed by atoms with E-state index in [-0.39, 0.29) is 40.5 Å². The van der Waals surface area contributed by atoms with Gasteiger partial charge in [-0.05, 0) is 13.8 Å². The summed E-state index contributed by atoms with van der Waals surface area (Å²) in [6.45, 7) is 5.42. The molecule has 3 nitrogen and oxygen atoms in total. The summed E-state index contributed by atoms with van der Waals surface area (Å²) in [6.07, 6.45) is 3.69. The minimum absolute atomic E-state index is 0.125. The van der Waals surface area contributed by atoms with Crippen LogP contribution in [0.1, 0.15) is 13.8 Å². The molecule has 0 heterocycles. The van der Waals surface area contributed by atoms with Crippen LogP contribution in [-0.2, 0) is 4.74 Å². The van der Waals surface area contributed by atoms with Gasteiger partial charge >= 0.3 is 0 Å². The number of allylic oxidation sites excluding steroid dienone is 4. The van der Waals surface area contributed by atoms with Crippen molar-refractivity contribution in [3.8, 4) is 0 Å². The Hall–Kier alpha value is 1.39. The van der Waals surface area contributed by atoms with E-state index in [1.54, 1.807) is 0 Å². The van der Waals surface area contributed by atoms with Crippen LogP contribution in [0, 0.1) is 11.8 Å². The van der Waals surface area contributed by atoms with Crippen LogP contribution in [0.3, 0.4) is 0 Å². The van der Waals surface area contributed by atoms with Gasteiger partial charge in [-0.25, -0.2) is 0 Å². The second-order valence-corrected chi connectivity index (χ2v) is 9.52. The summed E-state index contributed by atoms with van der Waals surface area (Å²) in [6, 6.07) is 0. The summed E-state index contributed by atoms with van der Waals surface area (Å²) in [4.78, 5) is -2.45. The highest BCUT2D eigenvalue weighted by atomic mass is 35.5. The van der Waals surface area contributed by atoms with Crippen LogP contribution in [0.15, 0.2) is 22.2 Å². The van der Waals surface area contributed by atoms with E-state index in [9.17, 15) is 0 Å². The molecule has 0 radical (unpaired) electrons. The number of aliphatic hydroxyl groups is 2. The molecular formula is C16H21Cl7O3. The lowest BCUT2D eigenvalue weighted by Crippen LogP contribution is -2.45. The van der Waals surface area contributed by atoms with Crippen LogP contribution in [0.25, 0.3) is 0 Å². The van der Waals surface area contributed by atoms with Gasteiger partial charge in [0, 0.05) is 25.0 Å². The number of rotatable bonds is 3. The van der Waals surface area contributed by atoms with Crippen molar-refractivity contribution in [2.24, 2.45) is 11.8 Å². The first-order valence-corrected chi connectivity index (χ1v) is 10.7. The molecule has 5 atom stereocenters. The molecule has 0 amide bonds. The number of hydrogen-bond acceptors (Lipinski definition) is 3. The molecule has 1 saturated carbocycles. The van der Waals surface area contributed by atoms with Crippen molar-refractivity contribution in [3.05, 3.63) is 22.2 Å². The Labute approximate surface area is 189 Å². The Morgan fingerprint density at radius 3 is 1.77 bits per heavy atom. The fourth-order valence-electron chi connectivity index (χ4n) is 3.29. The fourth-order valence-corrected chi connectivity index (χ4v) is 6.80. The number of hydrogen-bond donors (Lipinski definition) is 2. The molecule has 0 aromatic heterocycles. The predicted molar refractivity (Wildman–Crippen MR) is 112 cm³/mol. The lowest BCUT2D eigenvalue weighted by molar-refractivity contribution is 0.162. The van der Waals surface area contributed by atoms with E-state index in [2.05, 4.69) is 0 Å². The molecule has 0 aromatic rings. The normalized spacial score (nSPS) is 38.5. The molecule has 5 unspecified atom stereocenters. The largest absolute Gasteiger partial charge is 0.394 e. The summed E-state index contributed by atoms with van der Waals surface area (Å²) < 4.78 is 3.35. The van der Waals surface area contributed by atoms with Gasteiger partial charge in [-0.15, -0.1) is 34.8 Å². The molecule has 2 bridgehead atoms. The highest BCUT2D eigenvalue weighted by Crippen LogP contribution is 2.78. The van der Waals surface area contributed by atoms with E-state index in [1.807, 2.05) is 26.0 Å². The molecule has 0 aromatic carbocycles. The van der Waals surface area contributed by atoms with Crippen molar-refractivity contribution in [2.45, 2.75) is 33.3 Å². The zero-order valence-electron chi connectivity index (χ0n) is 14.2. The topological polar surface area (TPSA) is 49.7 Å². The molecule has 152 valence electrons. The first-order chi connectivity index (χ1) is 12.0. The third-order valence-corrected chi connectivity index (χ3v) is 9.11. The zero-order valence-corrected chi connectivity index (χ0v) is 19.5. The van der Waals surface area contributed by atoms with E-state index in [0.29, 0.717) is 0 Å². The summed E-state index contributed by atoms with van der Waals surface area (Å²) >= 11 is 44.5. The van der Waals surface area contributed by atoms with Gasteiger partial charge in [0.25, 0.3) is 0 Å².